The van der Waals surface area contributed by atoms with Crippen molar-refractivity contribution < 1.29 is 22.8 Å². The molecule has 1 aromatic heterocycles. The van der Waals surface area contributed by atoms with Gasteiger partial charge in [-0.05, 0) is 30.7 Å². The molecule has 0 saturated carbocycles. The minimum atomic E-state index is -4.48. The largest absolute Gasteiger partial charge is 0.416 e. The Morgan fingerprint density at radius 2 is 1.89 bits per heavy atom. The van der Waals surface area contributed by atoms with E-state index in [0.29, 0.717) is 10.4 Å². The van der Waals surface area contributed by atoms with Gasteiger partial charge in [-0.15, -0.1) is 5.10 Å². The van der Waals surface area contributed by atoms with E-state index in [9.17, 15) is 22.9 Å². The molecule has 0 atom stereocenters. The third-order valence-electron chi connectivity index (χ3n) is 3.44. The van der Waals surface area contributed by atoms with Gasteiger partial charge in [0.25, 0.3) is 5.91 Å². The summed E-state index contributed by atoms with van der Waals surface area (Å²) in [6.07, 6.45) is -0.895. The first-order valence-corrected chi connectivity index (χ1v) is 8.18. The normalized spacial score (nSPS) is 12.2. The smallest absolute Gasteiger partial charge is 0.268 e. The number of aryl methyl sites for hydroxylation is 1. The number of amides is 1. The van der Waals surface area contributed by atoms with Crippen LogP contribution in [0.25, 0.3) is 17.6 Å². The number of nitroso groups, excluding NO2 is 1. The van der Waals surface area contributed by atoms with Crippen LogP contribution in [-0.4, -0.2) is 31.1 Å². The van der Waals surface area contributed by atoms with Crippen LogP contribution >= 0.6 is 0 Å². The maximum Gasteiger partial charge on any atom is 0.416 e. The van der Waals surface area contributed by atoms with Crippen LogP contribution < -0.4 is 11.0 Å². The lowest BCUT2D eigenvalue weighted by molar-refractivity contribution is -0.674. The van der Waals surface area contributed by atoms with Crippen molar-refractivity contribution in [3.8, 4) is 11.4 Å². The number of hydrazine groups is 2. The van der Waals surface area contributed by atoms with E-state index in [4.69, 9.17) is 0 Å². The number of hydrogen-bond acceptors (Lipinski definition) is 4. The molecule has 2 aromatic rings. The van der Waals surface area contributed by atoms with Gasteiger partial charge < -0.3 is 0 Å². The predicted octanol–water partition coefficient (Wildman–Crippen LogP) is 2.86. The van der Waals surface area contributed by atoms with Gasteiger partial charge in [0.1, 0.15) is 11.2 Å². The van der Waals surface area contributed by atoms with E-state index in [1.165, 1.54) is 23.3 Å². The van der Waals surface area contributed by atoms with Gasteiger partial charge in [0.15, 0.2) is 5.82 Å². The number of alkyl halides is 3. The zero-order valence-corrected chi connectivity index (χ0v) is 15.7. The Bertz CT molecular complexity index is 912. The summed E-state index contributed by atoms with van der Waals surface area (Å²) in [5, 5.41) is 4.03. The van der Waals surface area contributed by atoms with Crippen molar-refractivity contribution in [2.75, 3.05) is 0 Å². The quantitative estimate of drug-likeness (QED) is 0.460. The summed E-state index contributed by atoms with van der Waals surface area (Å²) in [6.45, 7) is 6.51. The fraction of sp³-hybridized carbons (Fsp3) is 0.353. The van der Waals surface area contributed by atoms with Crippen molar-refractivity contribution in [3.05, 3.63) is 46.6 Å². The molecule has 2 rings (SSSR count). The van der Waals surface area contributed by atoms with Crippen molar-refractivity contribution in [2.24, 2.45) is 0 Å². The van der Waals surface area contributed by atoms with Gasteiger partial charge in [0.2, 0.25) is 5.54 Å². The summed E-state index contributed by atoms with van der Waals surface area (Å²) in [5.41, 5.74) is 3.46. The van der Waals surface area contributed by atoms with Crippen molar-refractivity contribution in [3.63, 3.8) is 0 Å². The number of carbonyl (C=O) groups excluding carboxylic acids is 1. The van der Waals surface area contributed by atoms with Gasteiger partial charge in [-0.25, -0.2) is 15.1 Å². The first-order chi connectivity index (χ1) is 12.9. The molecular weight excluding hydrogens is 377 g/mol. The molecule has 0 aliphatic carbocycles. The maximum absolute atomic E-state index is 12.9. The second-order valence-electron chi connectivity index (χ2n) is 7.02. The van der Waals surface area contributed by atoms with Gasteiger partial charge in [0, 0.05) is 38.6 Å². The molecule has 150 valence electrons. The van der Waals surface area contributed by atoms with Gasteiger partial charge in [0.05, 0.1) is 10.5 Å². The molecule has 0 aliphatic heterocycles. The topological polar surface area (TPSA) is 91.9 Å². The molecule has 2 N–H and O–H groups in total. The summed E-state index contributed by atoms with van der Waals surface area (Å²) in [4.78, 5) is 27.7. The maximum atomic E-state index is 12.9. The zero-order chi connectivity index (χ0) is 21.1. The minimum absolute atomic E-state index is 0.0795. The molecule has 0 aliphatic rings. The van der Waals surface area contributed by atoms with Crippen molar-refractivity contribution in [1.29, 1.82) is 0 Å². The number of hydrogen-bond donors (Lipinski definition) is 2. The Morgan fingerprint density at radius 3 is 2.50 bits per heavy atom. The molecule has 0 bridgehead atoms. The van der Waals surface area contributed by atoms with Crippen LogP contribution in [-0.2, 0) is 11.0 Å². The number of nitrogens with one attached hydrogen (secondary N) is 2. The SMILES string of the molecule is Cc1cc(-c2ncn(/C=C\C(=O)NN[N+](=O)C(C)(C)C)n2)cc(C(F)(F)F)c1. The predicted molar refractivity (Wildman–Crippen MR) is 95.2 cm³/mol. The summed E-state index contributed by atoms with van der Waals surface area (Å²) in [7, 11) is 0. The number of carbonyl (C=O) groups is 1. The van der Waals surface area contributed by atoms with Gasteiger partial charge in [-0.2, -0.15) is 13.2 Å². The van der Waals surface area contributed by atoms with Crippen LogP contribution in [0.15, 0.2) is 30.6 Å². The second kappa shape index (κ2) is 7.79. The molecule has 8 nitrogen and oxygen atoms in total. The van der Waals surface area contributed by atoms with Crippen LogP contribution in [0.1, 0.15) is 31.9 Å². The molecule has 28 heavy (non-hydrogen) atoms. The van der Waals surface area contributed by atoms with Crippen molar-refractivity contribution in [1.82, 2.24) is 25.7 Å². The lowest BCUT2D eigenvalue weighted by Gasteiger charge is -2.09. The van der Waals surface area contributed by atoms with Gasteiger partial charge in [-0.1, -0.05) is 5.53 Å². The summed E-state index contributed by atoms with van der Waals surface area (Å²) in [6, 6.07) is 3.53. The first kappa shape index (κ1) is 21.1. The number of aromatic nitrogens is 3. The fourth-order valence-corrected chi connectivity index (χ4v) is 2.01. The van der Waals surface area contributed by atoms with E-state index in [2.05, 4.69) is 21.0 Å². The van der Waals surface area contributed by atoms with Crippen LogP contribution in [0.3, 0.4) is 0 Å². The second-order valence-corrected chi connectivity index (χ2v) is 7.02. The average molecular weight is 397 g/mol. The fourth-order valence-electron chi connectivity index (χ4n) is 2.01. The number of rotatable bonds is 5. The molecule has 0 unspecified atom stereocenters. The molecule has 0 radical (unpaired) electrons. The molecular formula is C17H20F3N6O2+. The van der Waals surface area contributed by atoms with E-state index in [-0.39, 0.29) is 11.4 Å². The Morgan fingerprint density at radius 1 is 1.21 bits per heavy atom. The molecule has 11 heteroatoms. The molecule has 0 fully saturated rings. The highest BCUT2D eigenvalue weighted by Gasteiger charge is 2.31. The van der Waals surface area contributed by atoms with Crippen molar-refractivity contribution >= 4 is 12.1 Å². The van der Waals surface area contributed by atoms with E-state index >= 15 is 0 Å². The Kier molecular flexibility index (Phi) is 5.86. The van der Waals surface area contributed by atoms with Gasteiger partial charge in [-0.3, -0.25) is 4.79 Å². The summed E-state index contributed by atoms with van der Waals surface area (Å²) < 4.78 is 40.0. The third kappa shape index (κ3) is 5.63. The lowest BCUT2D eigenvalue weighted by Crippen LogP contribution is -2.49. The average Bonchev–Trinajstić information content (AvgIpc) is 3.04. The van der Waals surface area contributed by atoms with E-state index in [1.807, 2.05) is 0 Å². The molecule has 1 amide bonds. The highest BCUT2D eigenvalue weighted by molar-refractivity contribution is 5.89. The Balaban J connectivity index is 2.08. The van der Waals surface area contributed by atoms with Gasteiger partial charge >= 0.3 is 6.18 Å². The number of nitrogens with zero attached hydrogens (tertiary/aromatic N) is 4. The minimum Gasteiger partial charge on any atom is -0.268 e. The van der Waals surface area contributed by atoms with Crippen LogP contribution in [0.5, 0.6) is 0 Å². The molecule has 1 aromatic carbocycles. The van der Waals surface area contributed by atoms with E-state index in [0.717, 1.165) is 18.2 Å². The van der Waals surface area contributed by atoms with Crippen LogP contribution in [0.4, 0.5) is 13.2 Å². The van der Waals surface area contributed by atoms with E-state index < -0.39 is 23.2 Å². The molecule has 0 saturated heterocycles. The monoisotopic (exact) mass is 397 g/mol. The first-order valence-electron chi connectivity index (χ1n) is 8.18. The Hall–Kier alpha value is -3.24. The zero-order valence-electron chi connectivity index (χ0n) is 15.7. The lowest BCUT2D eigenvalue weighted by atomic mass is 10.1. The number of halogens is 3. The highest BCUT2D eigenvalue weighted by Crippen LogP contribution is 2.32. The third-order valence-corrected chi connectivity index (χ3v) is 3.44. The molecule has 1 heterocycles. The van der Waals surface area contributed by atoms with E-state index in [1.54, 1.807) is 27.7 Å². The standard InChI is InChI=1S/C17H19F3N6O2/c1-11-7-12(9-13(8-11)17(18,19)20)15-21-10-25(23-15)6-5-14(27)22-24-26(28)16(2,3)4/h5-10H,1-4H3,(H-,21,22,23,24,27,28)/p+1. The summed E-state index contributed by atoms with van der Waals surface area (Å²) >= 11 is 0. The van der Waals surface area contributed by atoms with Crippen molar-refractivity contribution in [2.45, 2.75) is 39.4 Å². The summed E-state index contributed by atoms with van der Waals surface area (Å²) in [5.74, 6) is -0.548. The van der Waals surface area contributed by atoms with Crippen LogP contribution in [0, 0.1) is 11.8 Å². The number of benzene rings is 1. The highest BCUT2D eigenvalue weighted by atomic mass is 19.4. The Labute approximate surface area is 159 Å². The molecule has 0 spiro atoms. The van der Waals surface area contributed by atoms with Crippen LogP contribution in [0.2, 0.25) is 0 Å².